The summed E-state index contributed by atoms with van der Waals surface area (Å²) in [4.78, 5) is 16.0. The lowest BCUT2D eigenvalue weighted by atomic mass is 9.86. The fourth-order valence-corrected chi connectivity index (χ4v) is 2.84. The van der Waals surface area contributed by atoms with Gasteiger partial charge in [0.2, 0.25) is 0 Å². The van der Waals surface area contributed by atoms with Gasteiger partial charge < -0.3 is 4.98 Å². The highest BCUT2D eigenvalue weighted by Crippen LogP contribution is 2.30. The molecule has 0 fully saturated rings. The predicted molar refractivity (Wildman–Crippen MR) is 86.8 cm³/mol. The predicted octanol–water partition coefficient (Wildman–Crippen LogP) is 3.50. The van der Waals surface area contributed by atoms with Gasteiger partial charge in [-0.25, -0.2) is 15.0 Å². The Morgan fingerprint density at radius 2 is 1.95 bits per heavy atom. The van der Waals surface area contributed by atoms with Crippen molar-refractivity contribution < 1.29 is 0 Å². The summed E-state index contributed by atoms with van der Waals surface area (Å²) in [6, 6.07) is 6.47. The zero-order chi connectivity index (χ0) is 15.5. The topological polar surface area (TPSA) is 54.5 Å². The van der Waals surface area contributed by atoms with Gasteiger partial charge in [0.1, 0.15) is 6.33 Å². The number of nitrogens with one attached hydrogen (secondary N) is 1. The van der Waals surface area contributed by atoms with Gasteiger partial charge in [-0.2, -0.15) is 0 Å². The number of aromatic nitrogens is 4. The summed E-state index contributed by atoms with van der Waals surface area (Å²) in [7, 11) is 0. The highest BCUT2D eigenvalue weighted by molar-refractivity contribution is 5.40. The minimum atomic E-state index is 0.229. The maximum atomic E-state index is 4.31. The van der Waals surface area contributed by atoms with Crippen molar-refractivity contribution in [2.24, 2.45) is 0 Å². The van der Waals surface area contributed by atoms with Crippen molar-refractivity contribution in [3.63, 3.8) is 0 Å². The molecule has 0 aliphatic heterocycles. The van der Waals surface area contributed by atoms with Gasteiger partial charge >= 0.3 is 0 Å². The number of aryl methyl sites for hydroxylation is 2. The molecular weight excluding hydrogens is 272 g/mol. The lowest BCUT2D eigenvalue weighted by molar-refractivity contribution is 0.759. The van der Waals surface area contributed by atoms with Crippen LogP contribution >= 0.6 is 0 Å². The molecule has 2 aromatic heterocycles. The molecule has 22 heavy (non-hydrogen) atoms. The molecular formula is C18H20N4. The number of benzene rings is 1. The Hall–Kier alpha value is -2.49. The third-order valence-electron chi connectivity index (χ3n) is 4.35. The number of aromatic amines is 1. The van der Waals surface area contributed by atoms with Crippen LogP contribution in [0, 0.1) is 20.8 Å². The molecule has 0 aliphatic carbocycles. The summed E-state index contributed by atoms with van der Waals surface area (Å²) in [6.07, 6.45) is 8.02. The molecule has 1 unspecified atom stereocenters. The number of hydrogen-bond donors (Lipinski definition) is 1. The van der Waals surface area contributed by atoms with Crippen LogP contribution in [0.4, 0.5) is 0 Å². The van der Waals surface area contributed by atoms with E-state index >= 15 is 0 Å². The molecule has 1 atom stereocenters. The first-order chi connectivity index (χ1) is 10.7. The highest BCUT2D eigenvalue weighted by atomic mass is 14.9. The smallest absolute Gasteiger partial charge is 0.115 e. The Morgan fingerprint density at radius 1 is 1.09 bits per heavy atom. The van der Waals surface area contributed by atoms with E-state index in [1.807, 2.05) is 19.3 Å². The molecule has 1 N–H and O–H groups in total. The second-order valence-corrected chi connectivity index (χ2v) is 5.69. The molecule has 0 saturated carbocycles. The highest BCUT2D eigenvalue weighted by Gasteiger charge is 2.20. The number of imidazole rings is 1. The van der Waals surface area contributed by atoms with Crippen LogP contribution in [0.2, 0.25) is 0 Å². The van der Waals surface area contributed by atoms with Crippen LogP contribution in [0.3, 0.4) is 0 Å². The minimum Gasteiger partial charge on any atom is -0.348 e. The van der Waals surface area contributed by atoms with Crippen molar-refractivity contribution in [2.75, 3.05) is 0 Å². The number of H-pyrrole nitrogens is 1. The summed E-state index contributed by atoms with van der Waals surface area (Å²) in [5, 5.41) is 0. The van der Waals surface area contributed by atoms with Crippen molar-refractivity contribution in [3.05, 3.63) is 76.9 Å². The van der Waals surface area contributed by atoms with Crippen LogP contribution < -0.4 is 0 Å². The first kappa shape index (κ1) is 14.4. The van der Waals surface area contributed by atoms with E-state index in [-0.39, 0.29) is 5.92 Å². The molecule has 1 aromatic carbocycles. The van der Waals surface area contributed by atoms with E-state index in [0.29, 0.717) is 0 Å². The van der Waals surface area contributed by atoms with Gasteiger partial charge in [-0.05, 0) is 49.4 Å². The normalized spacial score (nSPS) is 12.3. The lowest BCUT2D eigenvalue weighted by Gasteiger charge is -2.20. The molecule has 4 heteroatoms. The minimum absolute atomic E-state index is 0.229. The van der Waals surface area contributed by atoms with E-state index in [4.69, 9.17) is 0 Å². The van der Waals surface area contributed by atoms with E-state index < -0.39 is 0 Å². The zero-order valence-electron chi connectivity index (χ0n) is 13.2. The van der Waals surface area contributed by atoms with E-state index in [2.05, 4.69) is 52.0 Å². The van der Waals surface area contributed by atoms with Crippen LogP contribution in [0.15, 0.2) is 43.2 Å². The SMILES string of the molecule is Cc1cccc(C(Cc2cncnc2C)c2cnc[nH]2)c1C. The van der Waals surface area contributed by atoms with Crippen molar-refractivity contribution in [1.82, 2.24) is 19.9 Å². The average Bonchev–Trinajstić information content (AvgIpc) is 3.04. The lowest BCUT2D eigenvalue weighted by Crippen LogP contribution is -2.10. The molecule has 0 saturated heterocycles. The molecule has 0 amide bonds. The summed E-state index contributed by atoms with van der Waals surface area (Å²) >= 11 is 0. The van der Waals surface area contributed by atoms with Crippen molar-refractivity contribution in [3.8, 4) is 0 Å². The third kappa shape index (κ3) is 2.77. The first-order valence-corrected chi connectivity index (χ1v) is 7.46. The van der Waals surface area contributed by atoms with Gasteiger partial charge in [0.15, 0.2) is 0 Å². The quantitative estimate of drug-likeness (QED) is 0.800. The third-order valence-corrected chi connectivity index (χ3v) is 4.35. The molecule has 3 rings (SSSR count). The van der Waals surface area contributed by atoms with Crippen LogP contribution in [0.25, 0.3) is 0 Å². The van der Waals surface area contributed by atoms with Gasteiger partial charge in [-0.1, -0.05) is 18.2 Å². The summed E-state index contributed by atoms with van der Waals surface area (Å²) in [6.45, 7) is 6.37. The standard InChI is InChI=1S/C18H20N4/c1-12-5-4-6-16(13(12)2)17(18-9-20-11-22-18)7-15-8-19-10-21-14(15)3/h4-6,8-11,17H,7H2,1-3H3,(H,20,22). The second kappa shape index (κ2) is 6.10. The number of nitrogens with zero attached hydrogens (tertiary/aromatic N) is 3. The Balaban J connectivity index is 2.05. The van der Waals surface area contributed by atoms with Crippen molar-refractivity contribution in [2.45, 2.75) is 33.1 Å². The molecule has 0 spiro atoms. The Labute approximate surface area is 130 Å². The van der Waals surface area contributed by atoms with Crippen LogP contribution in [0.1, 0.15) is 39.6 Å². The Bertz CT molecular complexity index is 763. The van der Waals surface area contributed by atoms with Crippen molar-refractivity contribution >= 4 is 0 Å². The van der Waals surface area contributed by atoms with E-state index in [1.165, 1.54) is 22.3 Å². The van der Waals surface area contributed by atoms with Crippen molar-refractivity contribution in [1.29, 1.82) is 0 Å². The van der Waals surface area contributed by atoms with Crippen LogP contribution in [-0.2, 0) is 6.42 Å². The molecule has 0 bridgehead atoms. The zero-order valence-corrected chi connectivity index (χ0v) is 13.2. The Kier molecular flexibility index (Phi) is 4.00. The summed E-state index contributed by atoms with van der Waals surface area (Å²) in [5.74, 6) is 0.229. The molecule has 0 radical (unpaired) electrons. The van der Waals surface area contributed by atoms with Crippen LogP contribution in [0.5, 0.6) is 0 Å². The average molecular weight is 292 g/mol. The van der Waals surface area contributed by atoms with E-state index in [9.17, 15) is 0 Å². The van der Waals surface area contributed by atoms with Gasteiger partial charge in [-0.15, -0.1) is 0 Å². The van der Waals surface area contributed by atoms with Gasteiger partial charge in [-0.3, -0.25) is 0 Å². The maximum Gasteiger partial charge on any atom is 0.115 e. The molecule has 0 aliphatic rings. The Morgan fingerprint density at radius 3 is 2.68 bits per heavy atom. The van der Waals surface area contributed by atoms with E-state index in [1.54, 1.807) is 12.7 Å². The monoisotopic (exact) mass is 292 g/mol. The van der Waals surface area contributed by atoms with Gasteiger partial charge in [0.25, 0.3) is 0 Å². The molecule has 112 valence electrons. The number of hydrogen-bond acceptors (Lipinski definition) is 3. The summed E-state index contributed by atoms with van der Waals surface area (Å²) in [5.41, 5.74) is 7.29. The largest absolute Gasteiger partial charge is 0.348 e. The maximum absolute atomic E-state index is 4.31. The van der Waals surface area contributed by atoms with Crippen LogP contribution in [-0.4, -0.2) is 19.9 Å². The van der Waals surface area contributed by atoms with E-state index in [0.717, 1.165) is 17.8 Å². The molecule has 2 heterocycles. The molecule has 3 aromatic rings. The van der Waals surface area contributed by atoms with Gasteiger partial charge in [0.05, 0.1) is 6.33 Å². The summed E-state index contributed by atoms with van der Waals surface area (Å²) < 4.78 is 0. The molecule has 4 nitrogen and oxygen atoms in total. The van der Waals surface area contributed by atoms with Gasteiger partial charge in [0, 0.05) is 29.7 Å². The second-order valence-electron chi connectivity index (χ2n) is 5.69. The fraction of sp³-hybridized carbons (Fsp3) is 0.278. The number of rotatable bonds is 4. The first-order valence-electron chi connectivity index (χ1n) is 7.46. The fourth-order valence-electron chi connectivity index (χ4n) is 2.84.